The summed E-state index contributed by atoms with van der Waals surface area (Å²) in [5.41, 5.74) is 0.244. The van der Waals surface area contributed by atoms with E-state index in [9.17, 15) is 9.59 Å². The maximum Gasteiger partial charge on any atom is 0.344 e. The Morgan fingerprint density at radius 3 is 3.08 bits per heavy atom. The van der Waals surface area contributed by atoms with Crippen molar-refractivity contribution in [3.63, 3.8) is 0 Å². The molecular formula is C16H19N3O4S. The SMILES string of the molecule is COc1ccccc1C(=O)CSc1n[nH]c(=O)n1C[C@H]1CCCO1. The zero-order chi connectivity index (χ0) is 16.9. The van der Waals surface area contributed by atoms with E-state index in [1.807, 2.05) is 6.07 Å². The van der Waals surface area contributed by atoms with Crippen LogP contribution in [0.25, 0.3) is 0 Å². The number of para-hydroxylation sites is 1. The molecule has 24 heavy (non-hydrogen) atoms. The van der Waals surface area contributed by atoms with Crippen molar-refractivity contribution in [3.8, 4) is 5.75 Å². The minimum Gasteiger partial charge on any atom is -0.496 e. The van der Waals surface area contributed by atoms with Crippen LogP contribution in [-0.2, 0) is 11.3 Å². The molecule has 7 nitrogen and oxygen atoms in total. The van der Waals surface area contributed by atoms with Crippen LogP contribution in [0.4, 0.5) is 0 Å². The summed E-state index contributed by atoms with van der Waals surface area (Å²) in [7, 11) is 1.53. The van der Waals surface area contributed by atoms with Crippen LogP contribution in [0.15, 0.2) is 34.2 Å². The van der Waals surface area contributed by atoms with E-state index in [4.69, 9.17) is 9.47 Å². The molecule has 1 aromatic carbocycles. The highest BCUT2D eigenvalue weighted by Crippen LogP contribution is 2.22. The van der Waals surface area contributed by atoms with Crippen molar-refractivity contribution in [2.45, 2.75) is 30.6 Å². The van der Waals surface area contributed by atoms with Gasteiger partial charge in [0.05, 0.1) is 31.1 Å². The summed E-state index contributed by atoms with van der Waals surface area (Å²) >= 11 is 1.23. The molecule has 1 saturated heterocycles. The van der Waals surface area contributed by atoms with E-state index in [1.165, 1.54) is 23.4 Å². The molecule has 0 radical (unpaired) electrons. The predicted octanol–water partition coefficient (Wildman–Crippen LogP) is 1.73. The molecule has 2 aromatic rings. The molecule has 1 aliphatic heterocycles. The topological polar surface area (TPSA) is 86.2 Å². The average Bonchev–Trinajstić information content (AvgIpc) is 3.24. The number of hydrogen-bond donors (Lipinski definition) is 1. The summed E-state index contributed by atoms with van der Waals surface area (Å²) < 4.78 is 12.3. The molecule has 0 unspecified atom stereocenters. The van der Waals surface area contributed by atoms with Crippen LogP contribution < -0.4 is 10.4 Å². The number of thioether (sulfide) groups is 1. The van der Waals surface area contributed by atoms with Crippen LogP contribution in [0.3, 0.4) is 0 Å². The molecule has 128 valence electrons. The van der Waals surface area contributed by atoms with Gasteiger partial charge in [0, 0.05) is 6.61 Å². The third kappa shape index (κ3) is 3.70. The number of nitrogens with zero attached hydrogens (tertiary/aromatic N) is 2. The number of methoxy groups -OCH3 is 1. The van der Waals surface area contributed by atoms with Crippen LogP contribution in [0.2, 0.25) is 0 Å². The van der Waals surface area contributed by atoms with Gasteiger partial charge in [-0.05, 0) is 25.0 Å². The summed E-state index contributed by atoms with van der Waals surface area (Å²) in [6, 6.07) is 7.09. The first kappa shape index (κ1) is 16.8. The van der Waals surface area contributed by atoms with E-state index in [2.05, 4.69) is 10.2 Å². The maximum atomic E-state index is 12.4. The minimum absolute atomic E-state index is 0.0320. The highest BCUT2D eigenvalue weighted by molar-refractivity contribution is 7.99. The molecule has 0 aliphatic carbocycles. The zero-order valence-electron chi connectivity index (χ0n) is 13.4. The Balaban J connectivity index is 1.68. The van der Waals surface area contributed by atoms with Gasteiger partial charge >= 0.3 is 5.69 Å². The van der Waals surface area contributed by atoms with Gasteiger partial charge in [0.2, 0.25) is 0 Å². The normalized spacial score (nSPS) is 17.1. The molecule has 0 amide bonds. The number of carbonyl (C=O) groups excluding carboxylic acids is 1. The second-order valence-corrected chi connectivity index (χ2v) is 6.41. The number of benzene rings is 1. The number of aromatic amines is 1. The molecule has 3 rings (SSSR count). The van der Waals surface area contributed by atoms with Crippen molar-refractivity contribution in [3.05, 3.63) is 40.3 Å². The first-order valence-electron chi connectivity index (χ1n) is 7.75. The van der Waals surface area contributed by atoms with Crippen molar-refractivity contribution >= 4 is 17.5 Å². The number of nitrogens with one attached hydrogen (secondary N) is 1. The molecule has 2 heterocycles. The Labute approximate surface area is 143 Å². The summed E-state index contributed by atoms with van der Waals surface area (Å²) in [5.74, 6) is 0.648. The molecule has 1 atom stereocenters. The Bertz CT molecular complexity index is 765. The number of aromatic nitrogens is 3. The highest BCUT2D eigenvalue weighted by atomic mass is 32.2. The number of H-pyrrole nitrogens is 1. The fraction of sp³-hybridized carbons (Fsp3) is 0.438. The second kappa shape index (κ2) is 7.67. The third-order valence-electron chi connectivity index (χ3n) is 3.87. The zero-order valence-corrected chi connectivity index (χ0v) is 14.2. The van der Waals surface area contributed by atoms with Gasteiger partial charge in [-0.15, -0.1) is 5.10 Å². The number of ketones is 1. The quantitative estimate of drug-likeness (QED) is 0.605. The van der Waals surface area contributed by atoms with Crippen LogP contribution >= 0.6 is 11.8 Å². The number of carbonyl (C=O) groups is 1. The van der Waals surface area contributed by atoms with Crippen LogP contribution in [0.1, 0.15) is 23.2 Å². The van der Waals surface area contributed by atoms with Gasteiger partial charge in [-0.2, -0.15) is 0 Å². The van der Waals surface area contributed by atoms with E-state index in [0.29, 0.717) is 23.0 Å². The standard InChI is InChI=1S/C16H19N3O4S/c1-22-14-7-3-2-6-12(14)13(20)10-24-16-18-17-15(21)19(16)9-11-5-4-8-23-11/h2-3,6-7,11H,4-5,8-10H2,1H3,(H,17,21)/t11-/m1/s1. The second-order valence-electron chi connectivity index (χ2n) is 5.47. The molecule has 1 N–H and O–H groups in total. The summed E-state index contributed by atoms with van der Waals surface area (Å²) in [5, 5.41) is 6.96. The third-order valence-corrected chi connectivity index (χ3v) is 4.85. The lowest BCUT2D eigenvalue weighted by Crippen LogP contribution is -2.25. The molecule has 0 bridgehead atoms. The smallest absolute Gasteiger partial charge is 0.344 e. The van der Waals surface area contributed by atoms with Gasteiger partial charge in [-0.1, -0.05) is 23.9 Å². The first-order chi connectivity index (χ1) is 11.7. The van der Waals surface area contributed by atoms with Crippen molar-refractivity contribution in [2.75, 3.05) is 19.5 Å². The van der Waals surface area contributed by atoms with Crippen LogP contribution in [0.5, 0.6) is 5.75 Å². The van der Waals surface area contributed by atoms with Gasteiger partial charge in [0.1, 0.15) is 5.75 Å². The van der Waals surface area contributed by atoms with Crippen molar-refractivity contribution < 1.29 is 14.3 Å². The molecule has 0 spiro atoms. The largest absolute Gasteiger partial charge is 0.496 e. The number of ether oxygens (including phenoxy) is 2. The lowest BCUT2D eigenvalue weighted by Gasteiger charge is -2.11. The Morgan fingerprint density at radius 1 is 1.50 bits per heavy atom. The van der Waals surface area contributed by atoms with E-state index in [-0.39, 0.29) is 23.3 Å². The van der Waals surface area contributed by atoms with E-state index >= 15 is 0 Å². The minimum atomic E-state index is -0.280. The number of Topliss-reactive ketones (excluding diaryl/α,β-unsaturated/α-hetero) is 1. The summed E-state index contributed by atoms with van der Waals surface area (Å²) in [6.45, 7) is 1.19. The van der Waals surface area contributed by atoms with E-state index < -0.39 is 0 Å². The fourth-order valence-corrected chi connectivity index (χ4v) is 3.49. The van der Waals surface area contributed by atoms with Crippen molar-refractivity contribution in [1.82, 2.24) is 14.8 Å². The molecular weight excluding hydrogens is 330 g/mol. The monoisotopic (exact) mass is 349 g/mol. The summed E-state index contributed by atoms with van der Waals surface area (Å²) in [4.78, 5) is 24.3. The maximum absolute atomic E-state index is 12.4. The van der Waals surface area contributed by atoms with Crippen molar-refractivity contribution in [1.29, 1.82) is 0 Å². The van der Waals surface area contributed by atoms with Crippen LogP contribution in [-0.4, -0.2) is 46.1 Å². The lowest BCUT2D eigenvalue weighted by atomic mass is 10.1. The van der Waals surface area contributed by atoms with Crippen LogP contribution in [0, 0.1) is 0 Å². The van der Waals surface area contributed by atoms with Gasteiger partial charge in [0.25, 0.3) is 0 Å². The highest BCUT2D eigenvalue weighted by Gasteiger charge is 2.20. The number of rotatable bonds is 7. The van der Waals surface area contributed by atoms with Gasteiger partial charge in [-0.3, -0.25) is 9.36 Å². The molecule has 1 aromatic heterocycles. The van der Waals surface area contributed by atoms with E-state index in [1.54, 1.807) is 18.2 Å². The number of hydrogen-bond acceptors (Lipinski definition) is 6. The Hall–Kier alpha value is -2.06. The first-order valence-corrected chi connectivity index (χ1v) is 8.73. The molecule has 0 saturated carbocycles. The Morgan fingerprint density at radius 2 is 2.33 bits per heavy atom. The molecule has 8 heteroatoms. The average molecular weight is 349 g/mol. The lowest BCUT2D eigenvalue weighted by molar-refractivity contribution is 0.0941. The fourth-order valence-electron chi connectivity index (χ4n) is 2.65. The predicted molar refractivity (Wildman–Crippen MR) is 89.9 cm³/mol. The van der Waals surface area contributed by atoms with Gasteiger partial charge in [-0.25, -0.2) is 9.89 Å². The van der Waals surface area contributed by atoms with Gasteiger partial charge < -0.3 is 9.47 Å². The Kier molecular flexibility index (Phi) is 5.37. The molecule has 1 aliphatic rings. The van der Waals surface area contributed by atoms with Crippen molar-refractivity contribution in [2.24, 2.45) is 0 Å². The summed E-state index contributed by atoms with van der Waals surface area (Å²) in [6.07, 6.45) is 1.97. The van der Waals surface area contributed by atoms with E-state index in [0.717, 1.165) is 19.4 Å². The molecule has 1 fully saturated rings. The van der Waals surface area contributed by atoms with Gasteiger partial charge in [0.15, 0.2) is 10.9 Å².